The van der Waals surface area contributed by atoms with Gasteiger partial charge in [0, 0.05) is 25.6 Å². The van der Waals surface area contributed by atoms with Gasteiger partial charge in [0.05, 0.1) is 0 Å². The Bertz CT molecular complexity index is 379. The van der Waals surface area contributed by atoms with Crippen molar-refractivity contribution in [1.29, 1.82) is 0 Å². The number of hydrogen-bond acceptors (Lipinski definition) is 2. The summed E-state index contributed by atoms with van der Waals surface area (Å²) in [6.07, 6.45) is 5.68. The Labute approximate surface area is 76.8 Å². The Morgan fingerprint density at radius 3 is 2.92 bits per heavy atom. The minimum Gasteiger partial charge on any atom is -0.373 e. The molecular formula is C10H11N3. The predicted octanol–water partition coefficient (Wildman–Crippen LogP) is 2.12. The number of H-pyrrole nitrogens is 1. The van der Waals surface area contributed by atoms with Crippen LogP contribution in [0.1, 0.15) is 0 Å². The van der Waals surface area contributed by atoms with Gasteiger partial charge in [0.25, 0.3) is 0 Å². The highest BCUT2D eigenvalue weighted by atomic mass is 14.9. The topological polar surface area (TPSA) is 40.7 Å². The van der Waals surface area contributed by atoms with Crippen LogP contribution in [-0.2, 0) is 0 Å². The third-order valence-electron chi connectivity index (χ3n) is 1.95. The Morgan fingerprint density at radius 1 is 1.31 bits per heavy atom. The molecule has 0 atom stereocenters. The smallest absolute Gasteiger partial charge is 0.126 e. The summed E-state index contributed by atoms with van der Waals surface area (Å²) in [5, 5.41) is 3.01. The highest BCUT2D eigenvalue weighted by Gasteiger charge is 1.98. The third kappa shape index (κ3) is 1.54. The fourth-order valence-corrected chi connectivity index (χ4v) is 1.25. The first-order valence-electron chi connectivity index (χ1n) is 4.17. The van der Waals surface area contributed by atoms with Crippen LogP contribution in [0.2, 0.25) is 0 Å². The summed E-state index contributed by atoms with van der Waals surface area (Å²) in [7, 11) is 1.86. The first-order chi connectivity index (χ1) is 6.40. The monoisotopic (exact) mass is 173 g/mol. The van der Waals surface area contributed by atoms with E-state index in [1.165, 1.54) is 11.1 Å². The van der Waals surface area contributed by atoms with Crippen LogP contribution in [0, 0.1) is 0 Å². The molecule has 0 saturated carbocycles. The van der Waals surface area contributed by atoms with Gasteiger partial charge in [-0.1, -0.05) is 0 Å². The maximum absolute atomic E-state index is 4.15. The quantitative estimate of drug-likeness (QED) is 0.730. The van der Waals surface area contributed by atoms with Gasteiger partial charge in [-0.2, -0.15) is 0 Å². The minimum atomic E-state index is 0.888. The van der Waals surface area contributed by atoms with E-state index in [0.29, 0.717) is 0 Å². The van der Waals surface area contributed by atoms with E-state index in [1.54, 1.807) is 6.20 Å². The second kappa shape index (κ2) is 3.31. The Morgan fingerprint density at radius 2 is 2.23 bits per heavy atom. The average Bonchev–Trinajstić information content (AvgIpc) is 2.71. The van der Waals surface area contributed by atoms with Crippen molar-refractivity contribution in [3.63, 3.8) is 0 Å². The number of aromatic nitrogens is 2. The van der Waals surface area contributed by atoms with Crippen LogP contribution in [0.5, 0.6) is 0 Å². The molecule has 2 N–H and O–H groups in total. The largest absolute Gasteiger partial charge is 0.373 e. The summed E-state index contributed by atoms with van der Waals surface area (Å²) in [6, 6.07) is 6.04. The van der Waals surface area contributed by atoms with Crippen molar-refractivity contribution in [3.8, 4) is 11.1 Å². The van der Waals surface area contributed by atoms with Gasteiger partial charge in [-0.25, -0.2) is 4.98 Å². The Kier molecular flexibility index (Phi) is 2.00. The van der Waals surface area contributed by atoms with Crippen LogP contribution >= 0.6 is 0 Å². The van der Waals surface area contributed by atoms with Crippen LogP contribution < -0.4 is 5.32 Å². The maximum atomic E-state index is 4.15. The lowest BCUT2D eigenvalue weighted by Crippen LogP contribution is -1.91. The zero-order valence-electron chi connectivity index (χ0n) is 7.41. The van der Waals surface area contributed by atoms with Crippen molar-refractivity contribution in [2.75, 3.05) is 12.4 Å². The number of nitrogens with one attached hydrogen (secondary N) is 2. The summed E-state index contributed by atoms with van der Waals surface area (Å²) < 4.78 is 0. The molecule has 0 fully saturated rings. The molecule has 0 aliphatic heterocycles. The van der Waals surface area contributed by atoms with Crippen molar-refractivity contribution in [2.45, 2.75) is 0 Å². The second-order valence-corrected chi connectivity index (χ2v) is 2.78. The zero-order valence-corrected chi connectivity index (χ0v) is 7.41. The van der Waals surface area contributed by atoms with Crippen LogP contribution in [-0.4, -0.2) is 17.0 Å². The molecule has 0 spiro atoms. The number of nitrogens with zero attached hydrogens (tertiary/aromatic N) is 1. The Balaban J connectivity index is 2.41. The maximum Gasteiger partial charge on any atom is 0.126 e. The molecule has 2 heterocycles. The highest BCUT2D eigenvalue weighted by Crippen LogP contribution is 2.19. The highest BCUT2D eigenvalue weighted by molar-refractivity contribution is 5.65. The molecule has 0 aliphatic rings. The Hall–Kier alpha value is -1.77. The number of hydrogen-bond donors (Lipinski definition) is 2. The molecule has 0 amide bonds. The van der Waals surface area contributed by atoms with Crippen molar-refractivity contribution in [3.05, 3.63) is 36.8 Å². The van der Waals surface area contributed by atoms with E-state index in [-0.39, 0.29) is 0 Å². The van der Waals surface area contributed by atoms with Crippen molar-refractivity contribution in [2.24, 2.45) is 0 Å². The molecule has 0 aliphatic carbocycles. The molecule has 66 valence electrons. The number of rotatable bonds is 2. The number of pyridine rings is 1. The lowest BCUT2D eigenvalue weighted by Gasteiger charge is -2.01. The van der Waals surface area contributed by atoms with Crippen LogP contribution in [0.25, 0.3) is 11.1 Å². The van der Waals surface area contributed by atoms with Gasteiger partial charge in [0.2, 0.25) is 0 Å². The second-order valence-electron chi connectivity index (χ2n) is 2.78. The van der Waals surface area contributed by atoms with Crippen LogP contribution in [0.4, 0.5) is 5.82 Å². The molecule has 0 unspecified atom stereocenters. The van der Waals surface area contributed by atoms with Gasteiger partial charge < -0.3 is 10.3 Å². The van der Waals surface area contributed by atoms with Gasteiger partial charge in [0.15, 0.2) is 0 Å². The van der Waals surface area contributed by atoms with Gasteiger partial charge in [-0.15, -0.1) is 0 Å². The van der Waals surface area contributed by atoms with E-state index in [0.717, 1.165) is 5.82 Å². The third-order valence-corrected chi connectivity index (χ3v) is 1.95. The lowest BCUT2D eigenvalue weighted by molar-refractivity contribution is 1.29. The van der Waals surface area contributed by atoms with Crippen molar-refractivity contribution >= 4 is 5.82 Å². The SMILES string of the molecule is CNc1cc(-c2cc[nH]c2)ccn1. The minimum absolute atomic E-state index is 0.888. The van der Waals surface area contributed by atoms with E-state index in [1.807, 2.05) is 37.6 Å². The van der Waals surface area contributed by atoms with E-state index < -0.39 is 0 Å². The van der Waals surface area contributed by atoms with Gasteiger partial charge in [-0.05, 0) is 29.3 Å². The number of aromatic amines is 1. The van der Waals surface area contributed by atoms with E-state index >= 15 is 0 Å². The lowest BCUT2D eigenvalue weighted by atomic mass is 10.1. The molecule has 2 rings (SSSR count). The molecule has 0 bridgehead atoms. The van der Waals surface area contributed by atoms with Crippen LogP contribution in [0.3, 0.4) is 0 Å². The van der Waals surface area contributed by atoms with Gasteiger partial charge in [0.1, 0.15) is 5.82 Å². The van der Waals surface area contributed by atoms with E-state index in [9.17, 15) is 0 Å². The summed E-state index contributed by atoms with van der Waals surface area (Å²) in [4.78, 5) is 7.17. The van der Waals surface area contributed by atoms with Crippen molar-refractivity contribution in [1.82, 2.24) is 9.97 Å². The molecule has 2 aromatic rings. The number of anilines is 1. The predicted molar refractivity (Wildman–Crippen MR) is 53.6 cm³/mol. The first kappa shape index (κ1) is 7.86. The van der Waals surface area contributed by atoms with Crippen LogP contribution in [0.15, 0.2) is 36.8 Å². The standard InChI is InChI=1S/C10H11N3/c1-11-10-6-8(3-5-13-10)9-2-4-12-7-9/h2-7,12H,1H3,(H,11,13). The summed E-state index contributed by atoms with van der Waals surface area (Å²) in [5.41, 5.74) is 2.35. The molecule has 3 heteroatoms. The van der Waals surface area contributed by atoms with E-state index in [4.69, 9.17) is 0 Å². The van der Waals surface area contributed by atoms with Gasteiger partial charge >= 0.3 is 0 Å². The summed E-state index contributed by atoms with van der Waals surface area (Å²) >= 11 is 0. The fourth-order valence-electron chi connectivity index (χ4n) is 1.25. The molecule has 2 aromatic heterocycles. The normalized spacial score (nSPS) is 9.92. The summed E-state index contributed by atoms with van der Waals surface area (Å²) in [6.45, 7) is 0. The van der Waals surface area contributed by atoms with Crippen molar-refractivity contribution < 1.29 is 0 Å². The molecule has 0 radical (unpaired) electrons. The molecule has 13 heavy (non-hydrogen) atoms. The molecule has 3 nitrogen and oxygen atoms in total. The fraction of sp³-hybridized carbons (Fsp3) is 0.100. The molecular weight excluding hydrogens is 162 g/mol. The van der Waals surface area contributed by atoms with E-state index in [2.05, 4.69) is 15.3 Å². The average molecular weight is 173 g/mol. The zero-order chi connectivity index (χ0) is 9.10. The molecule has 0 saturated heterocycles. The summed E-state index contributed by atoms with van der Waals surface area (Å²) in [5.74, 6) is 0.888. The molecule has 0 aromatic carbocycles. The van der Waals surface area contributed by atoms with Gasteiger partial charge in [-0.3, -0.25) is 0 Å². The first-order valence-corrected chi connectivity index (χ1v) is 4.17.